The number of carbonyl (C=O) groups is 1. The molecule has 38 heavy (non-hydrogen) atoms. The molecule has 1 aliphatic rings. The zero-order valence-electron chi connectivity index (χ0n) is 22.0. The van der Waals surface area contributed by atoms with E-state index in [1.165, 1.54) is 7.11 Å². The monoisotopic (exact) mass is 518 g/mol. The Bertz CT molecular complexity index is 1190. The van der Waals surface area contributed by atoms with Crippen molar-refractivity contribution in [1.29, 1.82) is 0 Å². The summed E-state index contributed by atoms with van der Waals surface area (Å²) < 4.78 is 11.2. The SMILES string of the molecule is COc1cc(CCC(=O)CC(O)C(Cc2ccccc2)Cc2ccc(O)c(OC3CCCC3)c2)ccc1O. The molecule has 0 radical (unpaired) electrons. The Balaban J connectivity index is 1.42. The van der Waals surface area contributed by atoms with E-state index in [0.717, 1.165) is 42.4 Å². The molecular weight excluding hydrogens is 480 g/mol. The third-order valence-corrected chi connectivity index (χ3v) is 7.38. The molecule has 4 rings (SSSR count). The van der Waals surface area contributed by atoms with E-state index < -0.39 is 6.10 Å². The molecule has 6 nitrogen and oxygen atoms in total. The summed E-state index contributed by atoms with van der Waals surface area (Å²) in [7, 11) is 1.49. The van der Waals surface area contributed by atoms with Gasteiger partial charge in [-0.25, -0.2) is 0 Å². The van der Waals surface area contributed by atoms with Crippen LogP contribution in [0.4, 0.5) is 0 Å². The van der Waals surface area contributed by atoms with Crippen molar-refractivity contribution in [3.63, 3.8) is 0 Å². The van der Waals surface area contributed by atoms with Crippen LogP contribution in [-0.2, 0) is 24.1 Å². The first-order valence-electron chi connectivity index (χ1n) is 13.5. The fraction of sp³-hybridized carbons (Fsp3) is 0.406. The van der Waals surface area contributed by atoms with Gasteiger partial charge in [-0.05, 0) is 91.8 Å². The van der Waals surface area contributed by atoms with Gasteiger partial charge in [0.2, 0.25) is 0 Å². The van der Waals surface area contributed by atoms with Gasteiger partial charge in [-0.1, -0.05) is 42.5 Å². The van der Waals surface area contributed by atoms with Gasteiger partial charge in [0.05, 0.1) is 19.3 Å². The zero-order chi connectivity index (χ0) is 26.9. The lowest BCUT2D eigenvalue weighted by Crippen LogP contribution is -2.27. The van der Waals surface area contributed by atoms with E-state index >= 15 is 0 Å². The molecule has 1 saturated carbocycles. The number of phenolic OH excluding ortho intramolecular Hbond substituents is 2. The molecule has 0 aliphatic heterocycles. The minimum absolute atomic E-state index is 0.0152. The fourth-order valence-corrected chi connectivity index (χ4v) is 5.19. The van der Waals surface area contributed by atoms with Crippen LogP contribution in [0.15, 0.2) is 66.7 Å². The standard InChI is InChI=1S/C32H38O6/c1-37-31-19-23(12-15-28(31)34)11-14-26(33)21-30(36)25(17-22-7-3-2-4-8-22)18-24-13-16-29(35)32(20-24)38-27-9-5-6-10-27/h2-4,7-8,12-13,15-16,19-20,25,27,30,34-36H,5-6,9-11,14,17-18,21H2,1H3. The molecule has 1 fully saturated rings. The number of aromatic hydroxyl groups is 2. The number of carbonyl (C=O) groups excluding carboxylic acids is 1. The molecule has 6 heteroatoms. The Morgan fingerprint density at radius 3 is 2.21 bits per heavy atom. The first-order valence-corrected chi connectivity index (χ1v) is 13.5. The Morgan fingerprint density at radius 1 is 0.868 bits per heavy atom. The molecule has 3 N–H and O–H groups in total. The zero-order valence-corrected chi connectivity index (χ0v) is 22.0. The van der Waals surface area contributed by atoms with Gasteiger partial charge in [0, 0.05) is 12.8 Å². The number of methoxy groups -OCH3 is 1. The molecule has 3 aromatic carbocycles. The predicted molar refractivity (Wildman–Crippen MR) is 147 cm³/mol. The van der Waals surface area contributed by atoms with Crippen molar-refractivity contribution < 1.29 is 29.6 Å². The van der Waals surface area contributed by atoms with Crippen molar-refractivity contribution >= 4 is 5.78 Å². The van der Waals surface area contributed by atoms with Crippen LogP contribution in [0.25, 0.3) is 0 Å². The van der Waals surface area contributed by atoms with Crippen LogP contribution >= 0.6 is 0 Å². The summed E-state index contributed by atoms with van der Waals surface area (Å²) in [6.07, 6.45) is 5.65. The molecule has 0 bridgehead atoms. The summed E-state index contributed by atoms with van der Waals surface area (Å²) in [5.74, 6) is 0.859. The van der Waals surface area contributed by atoms with Gasteiger partial charge in [-0.15, -0.1) is 0 Å². The summed E-state index contributed by atoms with van der Waals surface area (Å²) in [6.45, 7) is 0. The lowest BCUT2D eigenvalue weighted by atomic mass is 9.85. The molecule has 2 atom stereocenters. The molecule has 0 spiro atoms. The third kappa shape index (κ3) is 7.75. The van der Waals surface area contributed by atoms with E-state index in [0.29, 0.717) is 37.2 Å². The van der Waals surface area contributed by atoms with Crippen molar-refractivity contribution in [2.45, 2.75) is 70.0 Å². The van der Waals surface area contributed by atoms with Gasteiger partial charge in [-0.2, -0.15) is 0 Å². The highest BCUT2D eigenvalue weighted by molar-refractivity contribution is 5.79. The molecular formula is C32H38O6. The number of aryl methyl sites for hydroxylation is 1. The van der Waals surface area contributed by atoms with Crippen LogP contribution < -0.4 is 9.47 Å². The fourth-order valence-electron chi connectivity index (χ4n) is 5.19. The summed E-state index contributed by atoms with van der Waals surface area (Å²) >= 11 is 0. The maximum atomic E-state index is 12.9. The van der Waals surface area contributed by atoms with Gasteiger partial charge in [0.1, 0.15) is 5.78 Å². The second-order valence-corrected chi connectivity index (χ2v) is 10.3. The Kier molecular flexibility index (Phi) is 9.66. The maximum Gasteiger partial charge on any atom is 0.161 e. The largest absolute Gasteiger partial charge is 0.504 e. The van der Waals surface area contributed by atoms with E-state index in [-0.39, 0.29) is 35.7 Å². The Morgan fingerprint density at radius 2 is 1.50 bits per heavy atom. The number of rotatable bonds is 13. The van der Waals surface area contributed by atoms with Crippen LogP contribution in [0.2, 0.25) is 0 Å². The first kappa shape index (κ1) is 27.5. The van der Waals surface area contributed by atoms with Gasteiger partial charge in [0.25, 0.3) is 0 Å². The number of ketones is 1. The molecule has 1 aliphatic carbocycles. The molecule has 0 saturated heterocycles. The average Bonchev–Trinajstić information content (AvgIpc) is 3.43. The molecule has 0 heterocycles. The molecule has 0 amide bonds. The van der Waals surface area contributed by atoms with Gasteiger partial charge in [0.15, 0.2) is 23.0 Å². The first-order chi connectivity index (χ1) is 18.4. The summed E-state index contributed by atoms with van der Waals surface area (Å²) in [5.41, 5.74) is 2.95. The minimum atomic E-state index is -0.815. The lowest BCUT2D eigenvalue weighted by molar-refractivity contribution is -0.121. The Labute approximate surface area is 224 Å². The van der Waals surface area contributed by atoms with Crippen molar-refractivity contribution in [3.05, 3.63) is 83.4 Å². The smallest absolute Gasteiger partial charge is 0.161 e. The number of phenols is 2. The average molecular weight is 519 g/mol. The van der Waals surface area contributed by atoms with Gasteiger partial charge < -0.3 is 24.8 Å². The molecule has 0 aromatic heterocycles. The molecule has 202 valence electrons. The van der Waals surface area contributed by atoms with Crippen molar-refractivity contribution in [2.75, 3.05) is 7.11 Å². The van der Waals surface area contributed by atoms with Crippen LogP contribution in [0.5, 0.6) is 23.0 Å². The third-order valence-electron chi connectivity index (χ3n) is 7.38. The molecule has 3 aromatic rings. The number of Topliss-reactive ketones (excluding diaryl/α,β-unsaturated/α-hetero) is 1. The van der Waals surface area contributed by atoms with Gasteiger partial charge in [-0.3, -0.25) is 4.79 Å². The minimum Gasteiger partial charge on any atom is -0.504 e. The number of hydrogen-bond acceptors (Lipinski definition) is 6. The number of ether oxygens (including phenoxy) is 2. The van der Waals surface area contributed by atoms with E-state index in [1.807, 2.05) is 42.5 Å². The van der Waals surface area contributed by atoms with E-state index in [4.69, 9.17) is 9.47 Å². The quantitative estimate of drug-likeness (QED) is 0.265. The normalized spacial score (nSPS) is 15.2. The van der Waals surface area contributed by atoms with Crippen molar-refractivity contribution in [2.24, 2.45) is 5.92 Å². The molecule has 2 unspecified atom stereocenters. The van der Waals surface area contributed by atoms with Crippen LogP contribution in [0, 0.1) is 5.92 Å². The summed E-state index contributed by atoms with van der Waals surface area (Å²) in [6, 6.07) is 20.4. The highest BCUT2D eigenvalue weighted by Crippen LogP contribution is 2.33. The van der Waals surface area contributed by atoms with Crippen molar-refractivity contribution in [1.82, 2.24) is 0 Å². The van der Waals surface area contributed by atoms with E-state index in [9.17, 15) is 20.1 Å². The predicted octanol–water partition coefficient (Wildman–Crippen LogP) is 5.78. The van der Waals surface area contributed by atoms with Crippen LogP contribution in [0.1, 0.15) is 55.2 Å². The number of hydrogen-bond donors (Lipinski definition) is 3. The Hall–Kier alpha value is -3.51. The highest BCUT2D eigenvalue weighted by atomic mass is 16.5. The van der Waals surface area contributed by atoms with Crippen molar-refractivity contribution in [3.8, 4) is 23.0 Å². The number of benzene rings is 3. The van der Waals surface area contributed by atoms with Gasteiger partial charge >= 0.3 is 0 Å². The summed E-state index contributed by atoms with van der Waals surface area (Å²) in [5, 5.41) is 31.4. The highest BCUT2D eigenvalue weighted by Gasteiger charge is 2.24. The number of aliphatic hydroxyl groups is 1. The maximum absolute atomic E-state index is 12.9. The second kappa shape index (κ2) is 13.3. The summed E-state index contributed by atoms with van der Waals surface area (Å²) in [4.78, 5) is 12.9. The lowest BCUT2D eigenvalue weighted by Gasteiger charge is -2.24. The van der Waals surface area contributed by atoms with Crippen LogP contribution in [-0.4, -0.2) is 40.4 Å². The van der Waals surface area contributed by atoms with E-state index in [2.05, 4.69) is 0 Å². The number of aliphatic hydroxyl groups excluding tert-OH is 1. The topological polar surface area (TPSA) is 96.2 Å². The van der Waals surface area contributed by atoms with E-state index in [1.54, 1.807) is 24.3 Å². The van der Waals surface area contributed by atoms with Crippen LogP contribution in [0.3, 0.4) is 0 Å². The second-order valence-electron chi connectivity index (χ2n) is 10.3.